The summed E-state index contributed by atoms with van der Waals surface area (Å²) in [6.07, 6.45) is -13.6. The van der Waals surface area contributed by atoms with Gasteiger partial charge in [-0.3, -0.25) is 4.79 Å². The van der Waals surface area contributed by atoms with Crippen LogP contribution >= 0.6 is 0 Å². The minimum absolute atomic E-state index is 0.0206. The van der Waals surface area contributed by atoms with Crippen LogP contribution in [0.2, 0.25) is 0 Å². The van der Waals surface area contributed by atoms with Crippen molar-refractivity contribution in [3.8, 4) is 0 Å². The fourth-order valence-corrected chi connectivity index (χ4v) is 2.52. The summed E-state index contributed by atoms with van der Waals surface area (Å²) >= 11 is 0. The molecule has 1 aliphatic heterocycles. The summed E-state index contributed by atoms with van der Waals surface area (Å²) in [7, 11) is 0. The van der Waals surface area contributed by atoms with Gasteiger partial charge in [-0.2, -0.15) is 0 Å². The second kappa shape index (κ2) is 10.2. The Kier molecular flexibility index (Phi) is 8.95. The molecule has 12 heteroatoms. The van der Waals surface area contributed by atoms with Gasteiger partial charge in [-0.1, -0.05) is 0 Å². The predicted molar refractivity (Wildman–Crippen MR) is 81.4 cm³/mol. The number of hydrogen-bond acceptors (Lipinski definition) is 11. The number of ether oxygens (including phenoxy) is 2. The highest BCUT2D eigenvalue weighted by atomic mass is 16.7. The Morgan fingerprint density at radius 3 is 2.31 bits per heavy atom. The Morgan fingerprint density at radius 2 is 1.85 bits per heavy atom. The molecule has 0 aromatic heterocycles. The van der Waals surface area contributed by atoms with Gasteiger partial charge in [-0.15, -0.1) is 0 Å². The Bertz CT molecular complexity index is 464. The zero-order chi connectivity index (χ0) is 20.0. The first-order chi connectivity index (χ1) is 12.2. The molecule has 1 amide bonds. The van der Waals surface area contributed by atoms with Crippen molar-refractivity contribution >= 4 is 12.2 Å². The van der Waals surface area contributed by atoms with E-state index < -0.39 is 74.2 Å². The molecule has 0 bridgehead atoms. The van der Waals surface area contributed by atoms with Crippen molar-refractivity contribution in [3.63, 3.8) is 0 Å². The molecule has 9 atom stereocenters. The molecule has 26 heavy (non-hydrogen) atoms. The van der Waals surface area contributed by atoms with Gasteiger partial charge in [0.25, 0.3) is 0 Å². The van der Waals surface area contributed by atoms with Crippen LogP contribution in [0.15, 0.2) is 0 Å². The van der Waals surface area contributed by atoms with Gasteiger partial charge in [0.1, 0.15) is 48.8 Å². The second-order valence-electron chi connectivity index (χ2n) is 5.90. The van der Waals surface area contributed by atoms with E-state index in [4.69, 9.17) is 14.6 Å². The Hall–Kier alpha value is -1.22. The fourth-order valence-electron chi connectivity index (χ4n) is 2.52. The van der Waals surface area contributed by atoms with Gasteiger partial charge < -0.3 is 55.3 Å². The zero-order valence-electron chi connectivity index (χ0n) is 14.0. The molecule has 1 aliphatic rings. The number of carbonyl (C=O) groups is 2. The van der Waals surface area contributed by atoms with Crippen molar-refractivity contribution in [2.45, 2.75) is 62.0 Å². The highest BCUT2D eigenvalue weighted by Gasteiger charge is 2.47. The lowest BCUT2D eigenvalue weighted by Gasteiger charge is -2.44. The third-order valence-electron chi connectivity index (χ3n) is 3.93. The maximum absolute atomic E-state index is 11.3. The Morgan fingerprint density at radius 1 is 1.23 bits per heavy atom. The van der Waals surface area contributed by atoms with E-state index in [9.17, 15) is 40.2 Å². The van der Waals surface area contributed by atoms with Gasteiger partial charge >= 0.3 is 0 Å². The summed E-state index contributed by atoms with van der Waals surface area (Å²) in [5, 5.41) is 69.8. The van der Waals surface area contributed by atoms with Crippen molar-refractivity contribution in [1.82, 2.24) is 5.32 Å². The molecule has 8 N–H and O–H groups in total. The number of aliphatic hydroxyl groups excluding tert-OH is 7. The van der Waals surface area contributed by atoms with E-state index in [0.29, 0.717) is 0 Å². The van der Waals surface area contributed by atoms with Gasteiger partial charge in [0.2, 0.25) is 5.91 Å². The van der Waals surface area contributed by atoms with E-state index in [2.05, 4.69) is 5.32 Å². The Balaban J connectivity index is 3.09. The van der Waals surface area contributed by atoms with Gasteiger partial charge in [-0.05, 0) is 0 Å². The molecule has 1 fully saturated rings. The number of rotatable bonds is 9. The van der Waals surface area contributed by atoms with Crippen LogP contribution < -0.4 is 5.32 Å². The number of carbonyl (C=O) groups excluding carboxylic acids is 2. The molecule has 0 radical (unpaired) electrons. The number of aldehydes is 1. The smallest absolute Gasteiger partial charge is 0.217 e. The average molecular weight is 383 g/mol. The highest BCUT2D eigenvalue weighted by molar-refractivity contribution is 5.73. The molecule has 0 aromatic carbocycles. The first-order valence-corrected chi connectivity index (χ1v) is 7.83. The lowest BCUT2D eigenvalue weighted by molar-refractivity contribution is -0.301. The number of nitrogens with one attached hydrogen (secondary N) is 1. The molecule has 0 aromatic rings. The average Bonchev–Trinajstić information content (AvgIpc) is 2.62. The van der Waals surface area contributed by atoms with E-state index in [0.717, 1.165) is 6.92 Å². The fraction of sp³-hybridized carbons (Fsp3) is 0.857. The molecule has 152 valence electrons. The van der Waals surface area contributed by atoms with Crippen LogP contribution in [-0.2, 0) is 19.1 Å². The molecule has 1 rings (SSSR count). The van der Waals surface area contributed by atoms with Gasteiger partial charge in [-0.25, -0.2) is 0 Å². The van der Waals surface area contributed by atoms with Crippen LogP contribution in [0, 0.1) is 0 Å². The summed E-state index contributed by atoms with van der Waals surface area (Å²) in [5.74, 6) is -0.631. The molecule has 0 saturated carbocycles. The summed E-state index contributed by atoms with van der Waals surface area (Å²) < 4.78 is 10.5. The summed E-state index contributed by atoms with van der Waals surface area (Å²) in [5.41, 5.74) is 0. The first-order valence-electron chi connectivity index (χ1n) is 7.83. The maximum atomic E-state index is 11.3. The van der Waals surface area contributed by atoms with Crippen LogP contribution in [-0.4, -0.2) is 116 Å². The normalized spacial score (nSPS) is 33.8. The van der Waals surface area contributed by atoms with Gasteiger partial charge in [0.15, 0.2) is 12.6 Å². The van der Waals surface area contributed by atoms with Crippen molar-refractivity contribution in [1.29, 1.82) is 0 Å². The SMILES string of the molecule is CC(=O)NC1C(OC(C(O)CO)C(O)C(O)C=O)OC(CO)C(O)C1O. The van der Waals surface area contributed by atoms with E-state index in [-0.39, 0.29) is 6.29 Å². The van der Waals surface area contributed by atoms with Gasteiger partial charge in [0.05, 0.1) is 13.2 Å². The van der Waals surface area contributed by atoms with E-state index in [1.807, 2.05) is 0 Å². The number of aliphatic hydroxyl groups is 7. The maximum Gasteiger partial charge on any atom is 0.217 e. The monoisotopic (exact) mass is 383 g/mol. The van der Waals surface area contributed by atoms with E-state index >= 15 is 0 Å². The van der Waals surface area contributed by atoms with E-state index in [1.165, 1.54) is 0 Å². The quantitative estimate of drug-likeness (QED) is 0.176. The molecular weight excluding hydrogens is 358 g/mol. The molecule has 9 unspecified atom stereocenters. The van der Waals surface area contributed by atoms with Crippen molar-refractivity contribution < 1.29 is 54.8 Å². The predicted octanol–water partition coefficient (Wildman–Crippen LogP) is -5.41. The lowest BCUT2D eigenvalue weighted by Crippen LogP contribution is -2.66. The van der Waals surface area contributed by atoms with E-state index in [1.54, 1.807) is 0 Å². The van der Waals surface area contributed by atoms with Crippen LogP contribution in [0.4, 0.5) is 0 Å². The zero-order valence-corrected chi connectivity index (χ0v) is 14.0. The largest absolute Gasteiger partial charge is 0.394 e. The van der Waals surface area contributed by atoms with Crippen molar-refractivity contribution in [3.05, 3.63) is 0 Å². The van der Waals surface area contributed by atoms with Gasteiger partial charge in [0, 0.05) is 6.92 Å². The molecule has 0 spiro atoms. The van der Waals surface area contributed by atoms with Crippen LogP contribution in [0.25, 0.3) is 0 Å². The molecule has 0 aliphatic carbocycles. The minimum atomic E-state index is -1.98. The standard InChI is InChI=1S/C14H25NO11/c1-5(19)15-9-12(24)11(23)8(4-18)25-14(9)26-13(7(21)3-17)10(22)6(20)2-16/h2,6-14,17-18,20-24H,3-4H2,1H3,(H,15,19). The molecular formula is C14H25NO11. The van der Waals surface area contributed by atoms with Crippen LogP contribution in [0.5, 0.6) is 0 Å². The van der Waals surface area contributed by atoms with Crippen LogP contribution in [0.1, 0.15) is 6.92 Å². The highest BCUT2D eigenvalue weighted by Crippen LogP contribution is 2.25. The third-order valence-corrected chi connectivity index (χ3v) is 3.93. The third kappa shape index (κ3) is 5.39. The lowest BCUT2D eigenvalue weighted by atomic mass is 9.96. The summed E-state index contributed by atoms with van der Waals surface area (Å²) in [6, 6.07) is -1.38. The Labute approximate surface area is 148 Å². The number of amides is 1. The summed E-state index contributed by atoms with van der Waals surface area (Å²) in [6.45, 7) is -0.531. The van der Waals surface area contributed by atoms with Crippen molar-refractivity contribution in [2.75, 3.05) is 13.2 Å². The van der Waals surface area contributed by atoms with Crippen LogP contribution in [0.3, 0.4) is 0 Å². The topological polar surface area (TPSA) is 206 Å². The molecule has 1 heterocycles. The number of hydrogen-bond donors (Lipinski definition) is 8. The first kappa shape index (κ1) is 22.8. The van der Waals surface area contributed by atoms with Crippen molar-refractivity contribution in [2.24, 2.45) is 0 Å². The molecule has 12 nitrogen and oxygen atoms in total. The minimum Gasteiger partial charge on any atom is -0.394 e. The second-order valence-corrected chi connectivity index (χ2v) is 5.90. The summed E-state index contributed by atoms with van der Waals surface area (Å²) in [4.78, 5) is 22.0. The molecule has 1 saturated heterocycles.